The molecule has 4 heteroatoms. The van der Waals surface area contributed by atoms with Gasteiger partial charge in [-0.2, -0.15) is 5.26 Å². The van der Waals surface area contributed by atoms with Crippen LogP contribution < -0.4 is 10.6 Å². The molecule has 0 amide bonds. The molecule has 2 N–H and O–H groups in total. The second kappa shape index (κ2) is 5.04. The van der Waals surface area contributed by atoms with E-state index in [0.717, 1.165) is 15.8 Å². The number of nitriles is 1. The smallest absolute Gasteiger partial charge is 0.0643 e. The highest BCUT2D eigenvalue weighted by Crippen LogP contribution is 2.27. The van der Waals surface area contributed by atoms with E-state index in [1.54, 1.807) is 0 Å². The first kappa shape index (κ1) is 11.9. The molecule has 1 unspecified atom stereocenters. The summed E-state index contributed by atoms with van der Waals surface area (Å²) in [6.07, 6.45) is 0.489. The van der Waals surface area contributed by atoms with Crippen LogP contribution in [0.3, 0.4) is 0 Å². The molecule has 0 radical (unpaired) electrons. The van der Waals surface area contributed by atoms with Crippen LogP contribution in [-0.4, -0.2) is 13.1 Å². The van der Waals surface area contributed by atoms with Gasteiger partial charge in [0.1, 0.15) is 0 Å². The van der Waals surface area contributed by atoms with E-state index < -0.39 is 0 Å². The van der Waals surface area contributed by atoms with Crippen LogP contribution in [0.4, 0.5) is 11.4 Å². The highest BCUT2D eigenvalue weighted by atomic mass is 79.9. The van der Waals surface area contributed by atoms with Crippen molar-refractivity contribution < 1.29 is 0 Å². The Labute approximate surface area is 98.6 Å². The predicted molar refractivity (Wildman–Crippen MR) is 66.6 cm³/mol. The van der Waals surface area contributed by atoms with Crippen LogP contribution in [0.2, 0.25) is 0 Å². The number of anilines is 2. The minimum Gasteiger partial charge on any atom is -0.397 e. The summed E-state index contributed by atoms with van der Waals surface area (Å²) in [6, 6.07) is 8.04. The van der Waals surface area contributed by atoms with Crippen LogP contribution in [-0.2, 0) is 0 Å². The Bertz CT molecular complexity index is 384. The molecule has 0 fully saturated rings. The lowest BCUT2D eigenvalue weighted by Crippen LogP contribution is -2.29. The molecular weight excluding hydrogens is 254 g/mol. The van der Waals surface area contributed by atoms with Gasteiger partial charge in [-0.25, -0.2) is 0 Å². The van der Waals surface area contributed by atoms with E-state index in [-0.39, 0.29) is 6.04 Å². The summed E-state index contributed by atoms with van der Waals surface area (Å²) in [5, 5.41) is 8.64. The van der Waals surface area contributed by atoms with Gasteiger partial charge in [0.25, 0.3) is 0 Å². The van der Waals surface area contributed by atoms with E-state index in [1.165, 1.54) is 0 Å². The third kappa shape index (κ3) is 2.87. The summed E-state index contributed by atoms with van der Waals surface area (Å²) in [7, 11) is 1.94. The summed E-state index contributed by atoms with van der Waals surface area (Å²) in [5.74, 6) is 0. The third-order valence-corrected chi connectivity index (χ3v) is 2.91. The van der Waals surface area contributed by atoms with Gasteiger partial charge in [0.2, 0.25) is 0 Å². The van der Waals surface area contributed by atoms with Crippen molar-refractivity contribution in [2.24, 2.45) is 0 Å². The van der Waals surface area contributed by atoms with Crippen molar-refractivity contribution in [2.45, 2.75) is 19.4 Å². The number of nitrogens with two attached hydrogens (primary N) is 1. The summed E-state index contributed by atoms with van der Waals surface area (Å²) in [5.41, 5.74) is 7.56. The van der Waals surface area contributed by atoms with Gasteiger partial charge in [0, 0.05) is 17.6 Å². The maximum absolute atomic E-state index is 8.64. The van der Waals surface area contributed by atoms with Crippen LogP contribution in [0, 0.1) is 11.3 Å². The van der Waals surface area contributed by atoms with Crippen LogP contribution in [0.25, 0.3) is 0 Å². The molecule has 0 aromatic heterocycles. The summed E-state index contributed by atoms with van der Waals surface area (Å²) in [6.45, 7) is 2.00. The lowest BCUT2D eigenvalue weighted by Gasteiger charge is -2.26. The number of hydrogen-bond donors (Lipinski definition) is 1. The number of hydrogen-bond acceptors (Lipinski definition) is 3. The van der Waals surface area contributed by atoms with E-state index in [9.17, 15) is 0 Å². The lowest BCUT2D eigenvalue weighted by atomic mass is 10.2. The Morgan fingerprint density at radius 3 is 2.87 bits per heavy atom. The first-order valence-corrected chi connectivity index (χ1v) is 5.50. The van der Waals surface area contributed by atoms with Gasteiger partial charge in [-0.1, -0.05) is 15.9 Å². The predicted octanol–water partition coefficient (Wildman–Crippen LogP) is 2.77. The molecular formula is C11H14BrN3. The third-order valence-electron chi connectivity index (χ3n) is 2.42. The van der Waals surface area contributed by atoms with Gasteiger partial charge < -0.3 is 10.6 Å². The maximum Gasteiger partial charge on any atom is 0.0643 e. The van der Waals surface area contributed by atoms with Crippen LogP contribution in [0.5, 0.6) is 0 Å². The van der Waals surface area contributed by atoms with Crippen LogP contribution >= 0.6 is 15.9 Å². The van der Waals surface area contributed by atoms with Gasteiger partial charge in [0.15, 0.2) is 0 Å². The summed E-state index contributed by atoms with van der Waals surface area (Å²) < 4.78 is 0.989. The van der Waals surface area contributed by atoms with Crippen LogP contribution in [0.15, 0.2) is 22.7 Å². The van der Waals surface area contributed by atoms with Gasteiger partial charge in [-0.15, -0.1) is 0 Å². The molecule has 1 aromatic rings. The monoisotopic (exact) mass is 267 g/mol. The van der Waals surface area contributed by atoms with Crippen molar-refractivity contribution in [3.8, 4) is 6.07 Å². The largest absolute Gasteiger partial charge is 0.397 e. The molecule has 1 aromatic carbocycles. The fourth-order valence-electron chi connectivity index (χ4n) is 1.33. The summed E-state index contributed by atoms with van der Waals surface area (Å²) >= 11 is 3.41. The van der Waals surface area contributed by atoms with E-state index in [1.807, 2.05) is 37.1 Å². The maximum atomic E-state index is 8.64. The van der Waals surface area contributed by atoms with Gasteiger partial charge in [-0.3, -0.25) is 0 Å². The van der Waals surface area contributed by atoms with Crippen molar-refractivity contribution >= 4 is 27.3 Å². The Morgan fingerprint density at radius 2 is 2.27 bits per heavy atom. The first-order chi connectivity index (χ1) is 7.06. The zero-order valence-corrected chi connectivity index (χ0v) is 10.5. The van der Waals surface area contributed by atoms with Gasteiger partial charge >= 0.3 is 0 Å². The SMILES string of the molecule is CC(CC#N)N(C)c1cc(Br)ccc1N. The molecule has 0 aliphatic rings. The van der Waals surface area contributed by atoms with E-state index in [2.05, 4.69) is 22.0 Å². The minimum atomic E-state index is 0.159. The van der Waals surface area contributed by atoms with Crippen molar-refractivity contribution in [3.05, 3.63) is 22.7 Å². The Morgan fingerprint density at radius 1 is 1.60 bits per heavy atom. The van der Waals surface area contributed by atoms with Crippen molar-refractivity contribution in [1.82, 2.24) is 0 Å². The van der Waals surface area contributed by atoms with Crippen LogP contribution in [0.1, 0.15) is 13.3 Å². The fraction of sp³-hybridized carbons (Fsp3) is 0.364. The van der Waals surface area contributed by atoms with E-state index in [4.69, 9.17) is 11.0 Å². The van der Waals surface area contributed by atoms with E-state index in [0.29, 0.717) is 6.42 Å². The number of halogens is 1. The van der Waals surface area contributed by atoms with Gasteiger partial charge in [0.05, 0.1) is 23.9 Å². The Kier molecular flexibility index (Phi) is 3.98. The molecule has 0 aliphatic carbocycles. The molecule has 0 bridgehead atoms. The molecule has 0 saturated carbocycles. The lowest BCUT2D eigenvalue weighted by molar-refractivity contribution is 0.703. The zero-order chi connectivity index (χ0) is 11.4. The second-order valence-corrected chi connectivity index (χ2v) is 4.44. The second-order valence-electron chi connectivity index (χ2n) is 3.53. The minimum absolute atomic E-state index is 0.159. The zero-order valence-electron chi connectivity index (χ0n) is 8.87. The highest BCUT2D eigenvalue weighted by Gasteiger charge is 2.12. The number of rotatable bonds is 3. The molecule has 1 atom stereocenters. The standard InChI is InChI=1S/C11H14BrN3/c1-8(5-6-13)15(2)11-7-9(12)3-4-10(11)14/h3-4,7-8H,5,14H2,1-2H3. The van der Waals surface area contributed by atoms with Gasteiger partial charge in [-0.05, 0) is 25.1 Å². The average molecular weight is 268 g/mol. The molecule has 0 aliphatic heterocycles. The normalized spacial score (nSPS) is 11.9. The number of nitrogen functional groups attached to an aromatic ring is 1. The number of nitrogens with zero attached hydrogens (tertiary/aromatic N) is 2. The molecule has 3 nitrogen and oxygen atoms in total. The van der Waals surface area contributed by atoms with Crippen molar-refractivity contribution in [1.29, 1.82) is 5.26 Å². The van der Waals surface area contributed by atoms with E-state index >= 15 is 0 Å². The van der Waals surface area contributed by atoms with Crippen molar-refractivity contribution in [3.63, 3.8) is 0 Å². The molecule has 80 valence electrons. The highest BCUT2D eigenvalue weighted by molar-refractivity contribution is 9.10. The fourth-order valence-corrected chi connectivity index (χ4v) is 1.68. The van der Waals surface area contributed by atoms with Crippen molar-refractivity contribution in [2.75, 3.05) is 17.7 Å². The Balaban J connectivity index is 2.95. The quantitative estimate of drug-likeness (QED) is 0.857. The molecule has 0 spiro atoms. The molecule has 0 saturated heterocycles. The molecule has 15 heavy (non-hydrogen) atoms. The summed E-state index contributed by atoms with van der Waals surface area (Å²) in [4.78, 5) is 2.02. The topological polar surface area (TPSA) is 53.0 Å². The molecule has 1 rings (SSSR count). The molecule has 0 heterocycles. The number of benzene rings is 1. The Hall–Kier alpha value is -1.21. The first-order valence-electron chi connectivity index (χ1n) is 4.71. The average Bonchev–Trinajstić information content (AvgIpc) is 2.21.